The van der Waals surface area contributed by atoms with Crippen LogP contribution in [0, 0.1) is 17.8 Å². The Morgan fingerprint density at radius 2 is 1.38 bits per heavy atom. The minimum Gasteiger partial charge on any atom is -0.382 e. The molecule has 2 aromatic rings. The van der Waals surface area contributed by atoms with E-state index in [1.54, 1.807) is 41.5 Å². The first-order valence-corrected chi connectivity index (χ1v) is 33.4. The normalized spacial score (nSPS) is 35.9. The molecule has 5 rings (SSSR count). The van der Waals surface area contributed by atoms with Gasteiger partial charge in [0.15, 0.2) is 24.8 Å². The fraction of sp³-hybridized carbons (Fsp3) is 0.766. The number of likely N-dealkylation sites (N-methyl/N-ethyl adjacent to an activating group) is 2. The van der Waals surface area contributed by atoms with Gasteiger partial charge in [-0.3, -0.25) is 14.5 Å². The SMILES string of the molecule is CC[C@H]1OC(=O)[C@H](C)[C@@H](O[C@H]2C[C@@](C)(OC)[C@@H](O)[C@H](C)O2)[C@H](C)[C@@H](O[C@@H]2O[C@H](C)C[C@H](N(C)C)[C@H]2OC(C)=O)[C@](C)(O)C[C@@H](C)CN(C)[C@H](C)[C@@H](OC(=O)NCCCCCCCCCC[PH](C)(c2ccccc2)c2ccccc2)[C@]1(C)O. The van der Waals surface area contributed by atoms with E-state index in [-0.39, 0.29) is 37.3 Å². The number of hydrogen-bond donors (Lipinski definition) is 4. The van der Waals surface area contributed by atoms with Crippen molar-refractivity contribution in [3.05, 3.63) is 60.7 Å². The van der Waals surface area contributed by atoms with Crippen LogP contribution >= 0.6 is 7.26 Å². The number of aliphatic hydroxyl groups excluding tert-OH is 1. The summed E-state index contributed by atoms with van der Waals surface area (Å²) in [6, 6.07) is 21.1. The summed E-state index contributed by atoms with van der Waals surface area (Å²) in [7, 11) is 5.35. The number of alkyl carbamates (subject to hydrolysis) is 1. The summed E-state index contributed by atoms with van der Waals surface area (Å²) in [6.07, 6.45) is 0.534. The molecule has 0 saturated carbocycles. The quantitative estimate of drug-likeness (QED) is 0.0379. The first kappa shape index (κ1) is 69.5. The van der Waals surface area contributed by atoms with Crippen molar-refractivity contribution in [1.29, 1.82) is 0 Å². The number of benzene rings is 2. The third-order valence-corrected chi connectivity index (χ3v) is 22.9. The smallest absolute Gasteiger partial charge is 0.137 e. The van der Waals surface area contributed by atoms with Crippen LogP contribution in [0.4, 0.5) is 4.79 Å². The Morgan fingerprint density at radius 1 is 0.805 bits per heavy atom. The fourth-order valence-electron chi connectivity index (χ4n) is 13.3. The van der Waals surface area contributed by atoms with E-state index in [4.69, 9.17) is 37.9 Å². The number of hydrogen-bond acceptors (Lipinski definition) is 16. The van der Waals surface area contributed by atoms with Crippen LogP contribution in [0.15, 0.2) is 60.7 Å². The number of unbranched alkanes of at least 4 members (excludes halogenated alkanes) is 7. The van der Waals surface area contributed by atoms with E-state index in [2.05, 4.69) is 72.6 Å². The fourth-order valence-corrected chi connectivity index (χ4v) is 17.0. The largest absolute Gasteiger partial charge is 0.382 e. The zero-order valence-corrected chi connectivity index (χ0v) is 53.8. The van der Waals surface area contributed by atoms with Gasteiger partial charge >= 0.3 is 173 Å². The van der Waals surface area contributed by atoms with Gasteiger partial charge in [-0.2, -0.15) is 0 Å². The monoisotopic (exact) mass is 1170 g/mol. The van der Waals surface area contributed by atoms with Crippen LogP contribution in [0.25, 0.3) is 0 Å². The van der Waals surface area contributed by atoms with E-state index < -0.39 is 115 Å². The Hall–Kier alpha value is -3.32. The average molecular weight is 1170 g/mol. The first-order valence-electron chi connectivity index (χ1n) is 30.7. The van der Waals surface area contributed by atoms with E-state index in [0.717, 1.165) is 25.7 Å². The maximum Gasteiger partial charge on any atom is 0.137 e. The molecule has 17 nitrogen and oxygen atoms in total. The van der Waals surface area contributed by atoms with Crippen molar-refractivity contribution in [2.24, 2.45) is 17.8 Å². The Kier molecular flexibility index (Phi) is 26.6. The molecule has 3 aliphatic heterocycles. The van der Waals surface area contributed by atoms with Gasteiger partial charge in [0, 0.05) is 39.0 Å². The molecule has 0 aliphatic carbocycles. The molecule has 18 heteroatoms. The van der Waals surface area contributed by atoms with E-state index >= 15 is 0 Å². The molecule has 0 bridgehead atoms. The summed E-state index contributed by atoms with van der Waals surface area (Å²) in [4.78, 5) is 45.5. The van der Waals surface area contributed by atoms with Gasteiger partial charge in [-0.25, -0.2) is 4.79 Å². The predicted molar refractivity (Wildman–Crippen MR) is 324 cm³/mol. The second-order valence-electron chi connectivity index (χ2n) is 25.7. The number of esters is 2. The van der Waals surface area contributed by atoms with Gasteiger partial charge in [-0.05, 0) is 94.8 Å². The molecule has 0 radical (unpaired) electrons. The van der Waals surface area contributed by atoms with Crippen LogP contribution in [0.5, 0.6) is 0 Å². The number of nitrogens with one attached hydrogen (secondary N) is 1. The number of carbonyl (C=O) groups excluding carboxylic acids is 3. The molecule has 0 spiro atoms. The zero-order valence-electron chi connectivity index (χ0n) is 52.8. The van der Waals surface area contributed by atoms with E-state index in [9.17, 15) is 29.7 Å². The summed E-state index contributed by atoms with van der Waals surface area (Å²) >= 11 is 0. The Labute approximate surface area is 492 Å². The third-order valence-electron chi connectivity index (χ3n) is 18.4. The van der Waals surface area contributed by atoms with Crippen LogP contribution in [0.1, 0.15) is 153 Å². The summed E-state index contributed by atoms with van der Waals surface area (Å²) < 4.78 is 51.1. The average Bonchev–Trinajstić information content (AvgIpc) is 3.57. The molecule has 82 heavy (non-hydrogen) atoms. The van der Waals surface area contributed by atoms with Crippen LogP contribution in [0.3, 0.4) is 0 Å². The number of nitrogens with zero attached hydrogens (tertiary/aromatic N) is 2. The minimum absolute atomic E-state index is 0.0892. The molecule has 1 amide bonds. The number of aliphatic hydroxyl groups is 3. The second-order valence-corrected chi connectivity index (χ2v) is 30.0. The van der Waals surface area contributed by atoms with Crippen LogP contribution < -0.4 is 15.9 Å². The molecule has 3 heterocycles. The molecular formula is C64H108N3O14P. The Balaban J connectivity index is 1.32. The van der Waals surface area contributed by atoms with Crippen LogP contribution in [0.2, 0.25) is 0 Å². The second kappa shape index (κ2) is 31.4. The van der Waals surface area contributed by atoms with Crippen molar-refractivity contribution in [2.45, 2.75) is 244 Å². The van der Waals surface area contributed by atoms with E-state index in [1.165, 1.54) is 56.5 Å². The summed E-state index contributed by atoms with van der Waals surface area (Å²) in [5.41, 5.74) is -4.64. The number of cyclic esters (lactones) is 1. The number of rotatable bonds is 22. The molecule has 3 aliphatic rings. The van der Waals surface area contributed by atoms with Crippen LogP contribution in [-0.2, 0) is 47.5 Å². The standard InChI is InChI=1S/C64H108N3O14P/c1-17-52-64(11,73)58(81-61(71)65-36-30-22-20-18-19-21-23-31-37-82(16,49-32-26-24-27-33-49)50-34-28-25-29-35-50)46(6)67(14)41-42(2)39-62(9,72)57(80-60-55(77-48(8)68)51(66(12)13)38-43(3)75-60)44(4)54(45(5)59(70)78-52)79-53-40-63(10,74-15)56(69)47(7)76-53/h24-29,32-35,42-47,51-58,60,69,72-73,82H,17-23,30-31,36-41H2,1-16H3,(H,65,71)/t42-,43-,44+,45-,46-,47+,51+,52-,53+,54+,55-,56+,57-,58-,60+,62-,63-,64-/m1/s1. The molecule has 0 aromatic heterocycles. The van der Waals surface area contributed by atoms with Crippen molar-refractivity contribution in [3.8, 4) is 0 Å². The first-order chi connectivity index (χ1) is 38.6. The maximum atomic E-state index is 14.9. The van der Waals surface area contributed by atoms with Gasteiger partial charge in [0.25, 0.3) is 0 Å². The van der Waals surface area contributed by atoms with Crippen LogP contribution in [-0.4, -0.2) is 188 Å². The molecule has 18 atom stereocenters. The van der Waals surface area contributed by atoms with Crippen molar-refractivity contribution >= 4 is 35.9 Å². The third kappa shape index (κ3) is 18.4. The van der Waals surface area contributed by atoms with Crippen molar-refractivity contribution < 1.29 is 67.6 Å². The van der Waals surface area contributed by atoms with Gasteiger partial charge in [0.05, 0.1) is 47.6 Å². The Morgan fingerprint density at radius 3 is 1.93 bits per heavy atom. The molecule has 3 fully saturated rings. The van der Waals surface area contributed by atoms with Gasteiger partial charge in [-0.1, -0.05) is 20.8 Å². The molecule has 2 aromatic carbocycles. The molecule has 468 valence electrons. The molecule has 3 saturated heterocycles. The van der Waals surface area contributed by atoms with Crippen molar-refractivity contribution in [3.63, 3.8) is 0 Å². The van der Waals surface area contributed by atoms with Gasteiger partial charge in [0.2, 0.25) is 0 Å². The topological polar surface area (TPSA) is 204 Å². The minimum atomic E-state index is -1.90. The van der Waals surface area contributed by atoms with Crippen molar-refractivity contribution in [1.82, 2.24) is 15.1 Å². The summed E-state index contributed by atoms with van der Waals surface area (Å²) in [6.45, 7) is 22.4. The molecule has 4 N–H and O–H groups in total. The number of carbonyl (C=O) groups is 3. The zero-order chi connectivity index (χ0) is 60.7. The number of ether oxygens (including phenoxy) is 8. The Bertz CT molecular complexity index is 2210. The molecule has 0 unspecified atom stereocenters. The van der Waals surface area contributed by atoms with Crippen molar-refractivity contribution in [2.75, 3.05) is 54.2 Å². The number of methoxy groups -OCH3 is 1. The predicted octanol–water partition coefficient (Wildman–Crippen LogP) is 8.36. The number of amides is 1. The van der Waals surface area contributed by atoms with Gasteiger partial charge in [0.1, 0.15) is 17.8 Å². The van der Waals surface area contributed by atoms with Gasteiger partial charge < -0.3 is 58.1 Å². The summed E-state index contributed by atoms with van der Waals surface area (Å²) in [5, 5.41) is 42.9. The molecular weight excluding hydrogens is 1070 g/mol. The van der Waals surface area contributed by atoms with Gasteiger partial charge in [-0.15, -0.1) is 0 Å². The summed E-state index contributed by atoms with van der Waals surface area (Å²) in [5.74, 6) is -3.41. The van der Waals surface area contributed by atoms with E-state index in [0.29, 0.717) is 19.5 Å². The van der Waals surface area contributed by atoms with E-state index in [1.807, 2.05) is 58.6 Å². The maximum absolute atomic E-state index is 14.9.